The van der Waals surface area contributed by atoms with Gasteiger partial charge in [-0.05, 0) is 74.5 Å². The lowest BCUT2D eigenvalue weighted by atomic mass is 9.71. The molecule has 1 saturated heterocycles. The van der Waals surface area contributed by atoms with E-state index in [0.29, 0.717) is 78.9 Å². The Balaban J connectivity index is 1.40. The molecule has 0 unspecified atom stereocenters. The van der Waals surface area contributed by atoms with Crippen LogP contribution in [0.3, 0.4) is 0 Å². The first kappa shape index (κ1) is 28.6. The number of aliphatic hydroxyl groups excluding tert-OH is 1. The lowest BCUT2D eigenvalue weighted by Crippen LogP contribution is -2.43. The number of ether oxygens (including phenoxy) is 1. The van der Waals surface area contributed by atoms with Crippen LogP contribution in [0.4, 0.5) is 18.9 Å². The number of pyridine rings is 1. The van der Waals surface area contributed by atoms with Crippen molar-refractivity contribution in [1.29, 1.82) is 0 Å². The minimum absolute atomic E-state index is 0.0495. The van der Waals surface area contributed by atoms with E-state index in [1.54, 1.807) is 18.2 Å². The van der Waals surface area contributed by atoms with E-state index in [2.05, 4.69) is 15.2 Å². The van der Waals surface area contributed by atoms with Gasteiger partial charge in [-0.2, -0.15) is 0 Å². The van der Waals surface area contributed by atoms with E-state index >= 15 is 4.39 Å². The van der Waals surface area contributed by atoms with Crippen molar-refractivity contribution in [2.24, 2.45) is 5.41 Å². The van der Waals surface area contributed by atoms with Crippen molar-refractivity contribution in [2.75, 3.05) is 38.6 Å². The van der Waals surface area contributed by atoms with Gasteiger partial charge in [0.15, 0.2) is 0 Å². The van der Waals surface area contributed by atoms with Crippen molar-refractivity contribution in [1.82, 2.24) is 9.88 Å². The maximum atomic E-state index is 15.9. The Morgan fingerprint density at radius 3 is 2.54 bits per heavy atom. The zero-order chi connectivity index (χ0) is 28.0. The molecule has 3 N–H and O–H groups in total. The second kappa shape index (κ2) is 12.7. The van der Waals surface area contributed by atoms with Gasteiger partial charge in [0.05, 0.1) is 25.7 Å². The molecule has 4 rings (SSSR count). The molecular weight excluding hydrogens is 511 g/mol. The van der Waals surface area contributed by atoms with Gasteiger partial charge in [-0.3, -0.25) is 9.78 Å². The van der Waals surface area contributed by atoms with Crippen molar-refractivity contribution < 1.29 is 32.9 Å². The van der Waals surface area contributed by atoms with Crippen LogP contribution in [0, 0.1) is 17.0 Å². The molecule has 39 heavy (non-hydrogen) atoms. The molecule has 0 radical (unpaired) electrons. The van der Waals surface area contributed by atoms with Crippen molar-refractivity contribution in [2.45, 2.75) is 44.9 Å². The number of aliphatic carboxylic acids is 1. The van der Waals surface area contributed by atoms with Gasteiger partial charge >= 0.3 is 5.97 Å². The number of carboxylic acid groups (broad SMARTS) is 1. The largest absolute Gasteiger partial charge is 0.497 e. The number of carboxylic acids is 1. The molecule has 2 heterocycles. The molecule has 1 fully saturated rings. The summed E-state index contributed by atoms with van der Waals surface area (Å²) in [7, 11) is 1.52. The van der Waals surface area contributed by atoms with Gasteiger partial charge in [-0.15, -0.1) is 0 Å². The van der Waals surface area contributed by atoms with Crippen LogP contribution in [-0.4, -0.2) is 59.4 Å². The molecule has 7 nitrogen and oxygen atoms in total. The van der Waals surface area contributed by atoms with Crippen LogP contribution in [0.5, 0.6) is 5.75 Å². The molecular formula is C29H34F3N3O4. The number of halogens is 3. The standard InChI is InChI=1S/C29H34F3N3O4/c1-39-23-2-3-26-24(15-23)28(19(18-36)17-34-26)25(32)4-5-29(16-27(37)38)6-9-35(10-7-29)11-8-33-22-13-20(30)12-21(31)14-22/h2-3,12-15,17,25,33,36H,4-11,16,18H2,1H3,(H,37,38)/t25-/m0/s1. The third-order valence-electron chi connectivity index (χ3n) is 7.67. The number of hydrogen-bond donors (Lipinski definition) is 3. The maximum absolute atomic E-state index is 15.9. The zero-order valence-electron chi connectivity index (χ0n) is 21.9. The highest BCUT2D eigenvalue weighted by atomic mass is 19.1. The first-order valence-corrected chi connectivity index (χ1v) is 13.1. The first-order valence-electron chi connectivity index (χ1n) is 13.1. The quantitative estimate of drug-likeness (QED) is 0.278. The summed E-state index contributed by atoms with van der Waals surface area (Å²) in [6.07, 6.45) is 1.71. The number of hydrogen-bond acceptors (Lipinski definition) is 6. The predicted molar refractivity (Wildman–Crippen MR) is 143 cm³/mol. The second-order valence-electron chi connectivity index (χ2n) is 10.2. The molecule has 3 aromatic rings. The number of carbonyl (C=O) groups is 1. The number of methoxy groups -OCH3 is 1. The zero-order valence-corrected chi connectivity index (χ0v) is 21.9. The van der Waals surface area contributed by atoms with Gasteiger partial charge in [0, 0.05) is 47.6 Å². The molecule has 0 spiro atoms. The molecule has 0 saturated carbocycles. The summed E-state index contributed by atoms with van der Waals surface area (Å²) in [5.41, 5.74) is 1.17. The number of likely N-dealkylation sites (tertiary alicyclic amines) is 1. The molecule has 1 aliphatic heterocycles. The van der Waals surface area contributed by atoms with Crippen LogP contribution >= 0.6 is 0 Å². The van der Waals surface area contributed by atoms with Crippen LogP contribution < -0.4 is 10.1 Å². The van der Waals surface area contributed by atoms with Crippen LogP contribution in [0.15, 0.2) is 42.6 Å². The summed E-state index contributed by atoms with van der Waals surface area (Å²) in [4.78, 5) is 18.3. The fraction of sp³-hybridized carbons (Fsp3) is 0.448. The highest BCUT2D eigenvalue weighted by molar-refractivity contribution is 5.85. The highest BCUT2D eigenvalue weighted by Crippen LogP contribution is 2.43. The summed E-state index contributed by atoms with van der Waals surface area (Å²) in [6, 6.07) is 8.47. The van der Waals surface area contributed by atoms with Gasteiger partial charge in [-0.25, -0.2) is 13.2 Å². The Morgan fingerprint density at radius 1 is 1.18 bits per heavy atom. The molecule has 0 bridgehead atoms. The summed E-state index contributed by atoms with van der Waals surface area (Å²) in [6.45, 7) is 2.02. The van der Waals surface area contributed by atoms with Crippen molar-refractivity contribution in [3.63, 3.8) is 0 Å². The van der Waals surface area contributed by atoms with Crippen molar-refractivity contribution in [3.05, 3.63) is 65.4 Å². The normalized spacial score (nSPS) is 16.2. The lowest BCUT2D eigenvalue weighted by Gasteiger charge is -2.41. The third kappa shape index (κ3) is 7.19. The van der Waals surface area contributed by atoms with Crippen LogP contribution in [0.1, 0.15) is 49.4 Å². The topological polar surface area (TPSA) is 94.9 Å². The predicted octanol–water partition coefficient (Wildman–Crippen LogP) is 5.47. The summed E-state index contributed by atoms with van der Waals surface area (Å²) in [5.74, 6) is -1.65. The van der Waals surface area contributed by atoms with Crippen LogP contribution in [0.2, 0.25) is 0 Å². The van der Waals surface area contributed by atoms with Gasteiger partial charge in [-0.1, -0.05) is 0 Å². The second-order valence-corrected chi connectivity index (χ2v) is 10.2. The number of fused-ring (bicyclic) bond motifs is 1. The smallest absolute Gasteiger partial charge is 0.303 e. The van der Waals surface area contributed by atoms with Crippen molar-refractivity contribution in [3.8, 4) is 5.75 Å². The summed E-state index contributed by atoms with van der Waals surface area (Å²) >= 11 is 0. The lowest BCUT2D eigenvalue weighted by molar-refractivity contribution is -0.141. The van der Waals surface area contributed by atoms with Gasteiger partial charge in [0.25, 0.3) is 0 Å². The Bertz CT molecular complexity index is 1270. The van der Waals surface area contributed by atoms with Gasteiger partial charge < -0.3 is 25.2 Å². The van der Waals surface area contributed by atoms with Crippen LogP contribution in [0.25, 0.3) is 10.9 Å². The summed E-state index contributed by atoms with van der Waals surface area (Å²) < 4.78 is 48.0. The van der Waals surface area contributed by atoms with E-state index in [0.717, 1.165) is 6.07 Å². The van der Waals surface area contributed by atoms with E-state index in [4.69, 9.17) is 4.74 Å². The highest BCUT2D eigenvalue weighted by Gasteiger charge is 2.37. The van der Waals surface area contributed by atoms with E-state index in [9.17, 15) is 23.8 Å². The number of nitrogens with zero attached hydrogens (tertiary/aromatic N) is 2. The Labute approximate surface area is 225 Å². The number of aliphatic hydroxyl groups is 1. The molecule has 210 valence electrons. The number of benzene rings is 2. The molecule has 1 aromatic heterocycles. The Morgan fingerprint density at radius 2 is 1.90 bits per heavy atom. The molecule has 10 heteroatoms. The van der Waals surface area contributed by atoms with E-state index in [-0.39, 0.29) is 19.4 Å². The number of nitrogens with one attached hydrogen (secondary N) is 1. The number of anilines is 1. The minimum Gasteiger partial charge on any atom is -0.497 e. The molecule has 0 aliphatic carbocycles. The molecule has 1 atom stereocenters. The van der Waals surface area contributed by atoms with Gasteiger partial charge in [0.2, 0.25) is 0 Å². The van der Waals surface area contributed by atoms with E-state index in [1.165, 1.54) is 25.4 Å². The monoisotopic (exact) mass is 545 g/mol. The fourth-order valence-electron chi connectivity index (χ4n) is 5.53. The number of piperidine rings is 1. The molecule has 2 aromatic carbocycles. The fourth-order valence-corrected chi connectivity index (χ4v) is 5.53. The number of alkyl halides is 1. The number of rotatable bonds is 12. The van der Waals surface area contributed by atoms with Gasteiger partial charge in [0.1, 0.15) is 23.6 Å². The SMILES string of the molecule is COc1ccc2ncc(CO)c([C@@H](F)CCC3(CC(=O)O)CCN(CCNc4cc(F)cc(F)c4)CC3)c2c1. The van der Waals surface area contributed by atoms with E-state index in [1.807, 2.05) is 0 Å². The molecule has 1 aliphatic rings. The third-order valence-corrected chi connectivity index (χ3v) is 7.67. The Kier molecular flexibility index (Phi) is 9.29. The maximum Gasteiger partial charge on any atom is 0.303 e. The Hall–Kier alpha value is -3.37. The van der Waals surface area contributed by atoms with E-state index < -0.39 is 29.2 Å². The first-order chi connectivity index (χ1) is 18.7. The molecule has 0 amide bonds. The summed E-state index contributed by atoms with van der Waals surface area (Å²) in [5, 5.41) is 23.1. The van der Waals surface area contributed by atoms with Crippen molar-refractivity contribution >= 4 is 22.6 Å². The average molecular weight is 546 g/mol. The minimum atomic E-state index is -1.41. The number of aromatic nitrogens is 1. The van der Waals surface area contributed by atoms with Crippen LogP contribution in [-0.2, 0) is 11.4 Å². The average Bonchev–Trinajstić information content (AvgIpc) is 2.91.